The molecule has 3 rings (SSSR count). The minimum absolute atomic E-state index is 0.0399. The molecule has 8 heteroatoms. The van der Waals surface area contributed by atoms with Crippen molar-refractivity contribution in [2.24, 2.45) is 0 Å². The van der Waals surface area contributed by atoms with Crippen molar-refractivity contribution < 1.29 is 18.0 Å². The molecule has 1 unspecified atom stereocenters. The molecule has 21 heavy (non-hydrogen) atoms. The summed E-state index contributed by atoms with van der Waals surface area (Å²) in [6, 6.07) is 7.50. The van der Waals surface area contributed by atoms with E-state index in [-0.39, 0.29) is 11.4 Å². The molecule has 0 saturated carbocycles. The SMILES string of the molecule is O=C1NC(=O)C2(CCCN(S(=O)(=O)c3ccccc3)C2)N1. The lowest BCUT2D eigenvalue weighted by atomic mass is 9.90. The molecule has 1 aromatic carbocycles. The van der Waals surface area contributed by atoms with Crippen molar-refractivity contribution in [1.29, 1.82) is 0 Å². The average Bonchev–Trinajstić information content (AvgIpc) is 2.73. The summed E-state index contributed by atoms with van der Waals surface area (Å²) < 4.78 is 26.5. The Balaban J connectivity index is 1.90. The van der Waals surface area contributed by atoms with Gasteiger partial charge in [0, 0.05) is 13.1 Å². The second-order valence-corrected chi connectivity index (χ2v) is 7.18. The minimum Gasteiger partial charge on any atom is -0.322 e. The molecule has 112 valence electrons. The van der Waals surface area contributed by atoms with E-state index in [1.807, 2.05) is 0 Å². The zero-order chi connectivity index (χ0) is 15.1. The van der Waals surface area contributed by atoms with Gasteiger partial charge in [-0.05, 0) is 25.0 Å². The Morgan fingerprint density at radius 3 is 2.48 bits per heavy atom. The molecule has 2 heterocycles. The van der Waals surface area contributed by atoms with Crippen LogP contribution in [0.1, 0.15) is 12.8 Å². The van der Waals surface area contributed by atoms with Gasteiger partial charge in [-0.1, -0.05) is 18.2 Å². The third-order valence-corrected chi connectivity index (χ3v) is 5.71. The maximum Gasteiger partial charge on any atom is 0.322 e. The highest BCUT2D eigenvalue weighted by atomic mass is 32.2. The Kier molecular flexibility index (Phi) is 3.22. The number of rotatable bonds is 2. The molecular weight excluding hydrogens is 294 g/mol. The second-order valence-electron chi connectivity index (χ2n) is 5.25. The zero-order valence-electron chi connectivity index (χ0n) is 11.2. The average molecular weight is 309 g/mol. The van der Waals surface area contributed by atoms with Crippen molar-refractivity contribution in [3.63, 3.8) is 0 Å². The maximum atomic E-state index is 12.6. The van der Waals surface area contributed by atoms with Crippen LogP contribution in [0.3, 0.4) is 0 Å². The second kappa shape index (κ2) is 4.81. The van der Waals surface area contributed by atoms with Gasteiger partial charge in [-0.3, -0.25) is 10.1 Å². The molecule has 2 saturated heterocycles. The van der Waals surface area contributed by atoms with Crippen molar-refractivity contribution in [1.82, 2.24) is 14.9 Å². The summed E-state index contributed by atoms with van der Waals surface area (Å²) in [6.07, 6.45) is 0.950. The van der Waals surface area contributed by atoms with Crippen LogP contribution in [0.5, 0.6) is 0 Å². The van der Waals surface area contributed by atoms with E-state index in [1.165, 1.54) is 16.4 Å². The fourth-order valence-corrected chi connectivity index (χ4v) is 4.34. The van der Waals surface area contributed by atoms with Crippen LogP contribution in [0.25, 0.3) is 0 Å². The van der Waals surface area contributed by atoms with Gasteiger partial charge < -0.3 is 5.32 Å². The quantitative estimate of drug-likeness (QED) is 0.755. The molecule has 2 fully saturated rings. The third-order valence-electron chi connectivity index (χ3n) is 3.85. The van der Waals surface area contributed by atoms with Crippen LogP contribution in [-0.4, -0.2) is 43.3 Å². The Morgan fingerprint density at radius 2 is 1.86 bits per heavy atom. The number of imide groups is 1. The highest BCUT2D eigenvalue weighted by Crippen LogP contribution is 2.28. The van der Waals surface area contributed by atoms with Crippen LogP contribution in [0, 0.1) is 0 Å². The van der Waals surface area contributed by atoms with Crippen LogP contribution in [0.15, 0.2) is 35.2 Å². The fourth-order valence-electron chi connectivity index (χ4n) is 2.78. The lowest BCUT2D eigenvalue weighted by Crippen LogP contribution is -2.59. The monoisotopic (exact) mass is 309 g/mol. The summed E-state index contributed by atoms with van der Waals surface area (Å²) in [5.41, 5.74) is -1.14. The number of urea groups is 1. The molecule has 7 nitrogen and oxygen atoms in total. The number of hydrogen-bond donors (Lipinski definition) is 2. The normalized spacial score (nSPS) is 26.7. The smallest absolute Gasteiger partial charge is 0.322 e. The first-order valence-corrected chi connectivity index (χ1v) is 8.07. The molecule has 1 atom stereocenters. The largest absolute Gasteiger partial charge is 0.322 e. The summed E-state index contributed by atoms with van der Waals surface area (Å²) in [7, 11) is -3.66. The lowest BCUT2D eigenvalue weighted by Gasteiger charge is -2.37. The predicted molar refractivity (Wildman–Crippen MR) is 73.8 cm³/mol. The van der Waals surface area contributed by atoms with Gasteiger partial charge in [-0.25, -0.2) is 13.2 Å². The van der Waals surface area contributed by atoms with Crippen molar-refractivity contribution in [3.05, 3.63) is 30.3 Å². The van der Waals surface area contributed by atoms with Gasteiger partial charge in [0.15, 0.2) is 0 Å². The Hall–Kier alpha value is -1.93. The lowest BCUT2D eigenvalue weighted by molar-refractivity contribution is -0.125. The van der Waals surface area contributed by atoms with Gasteiger partial charge in [0.2, 0.25) is 10.0 Å². The van der Waals surface area contributed by atoms with Gasteiger partial charge in [-0.2, -0.15) is 4.31 Å². The topological polar surface area (TPSA) is 95.6 Å². The molecule has 1 aromatic rings. The molecule has 0 aliphatic carbocycles. The number of amides is 3. The summed E-state index contributed by atoms with van der Waals surface area (Å²) in [4.78, 5) is 23.5. The van der Waals surface area contributed by atoms with Crippen molar-refractivity contribution >= 4 is 22.0 Å². The van der Waals surface area contributed by atoms with Gasteiger partial charge in [0.25, 0.3) is 5.91 Å². The van der Waals surface area contributed by atoms with E-state index in [4.69, 9.17) is 0 Å². The van der Waals surface area contributed by atoms with E-state index in [0.717, 1.165) is 0 Å². The highest BCUT2D eigenvalue weighted by Gasteiger charge is 2.50. The standard InChI is InChI=1S/C13H15N3O4S/c17-11-13(15-12(18)14-11)7-4-8-16(9-13)21(19,20)10-5-2-1-3-6-10/h1-3,5-6H,4,7-9H2,(H2,14,15,17,18). The molecule has 2 aliphatic heterocycles. The predicted octanol–water partition coefficient (Wildman–Crippen LogP) is 0.0493. The van der Waals surface area contributed by atoms with E-state index in [1.54, 1.807) is 18.2 Å². The summed E-state index contributed by atoms with van der Waals surface area (Å²) in [5.74, 6) is -0.458. The zero-order valence-corrected chi connectivity index (χ0v) is 12.0. The van der Waals surface area contributed by atoms with Crippen molar-refractivity contribution in [2.75, 3.05) is 13.1 Å². The first-order chi connectivity index (χ1) is 9.94. The number of hydrogen-bond acceptors (Lipinski definition) is 4. The maximum absolute atomic E-state index is 12.6. The fraction of sp³-hybridized carbons (Fsp3) is 0.385. The van der Waals surface area contributed by atoms with Crippen LogP contribution >= 0.6 is 0 Å². The first kappa shape index (κ1) is 14.0. The van der Waals surface area contributed by atoms with Crippen LogP contribution in [0.2, 0.25) is 0 Å². The highest BCUT2D eigenvalue weighted by molar-refractivity contribution is 7.89. The summed E-state index contributed by atoms with van der Waals surface area (Å²) in [6.45, 7) is 0.296. The molecule has 3 amide bonds. The Labute approximate surface area is 122 Å². The molecule has 2 N–H and O–H groups in total. The van der Waals surface area contributed by atoms with E-state index < -0.39 is 27.5 Å². The number of sulfonamides is 1. The molecule has 1 spiro atoms. The van der Waals surface area contributed by atoms with E-state index in [2.05, 4.69) is 10.6 Å². The number of nitrogens with one attached hydrogen (secondary N) is 2. The summed E-state index contributed by atoms with van der Waals surface area (Å²) in [5, 5.41) is 4.75. The number of carbonyl (C=O) groups is 2. The van der Waals surface area contributed by atoms with Crippen molar-refractivity contribution in [3.8, 4) is 0 Å². The van der Waals surface area contributed by atoms with E-state index in [9.17, 15) is 18.0 Å². The molecule has 0 bridgehead atoms. The van der Waals surface area contributed by atoms with Gasteiger partial charge in [0.1, 0.15) is 5.54 Å². The van der Waals surface area contributed by atoms with Crippen LogP contribution < -0.4 is 10.6 Å². The summed E-state index contributed by atoms with van der Waals surface area (Å²) >= 11 is 0. The van der Waals surface area contributed by atoms with Crippen LogP contribution in [0.4, 0.5) is 4.79 Å². The van der Waals surface area contributed by atoms with Crippen molar-refractivity contribution in [2.45, 2.75) is 23.3 Å². The number of nitrogens with zero attached hydrogens (tertiary/aromatic N) is 1. The van der Waals surface area contributed by atoms with E-state index in [0.29, 0.717) is 19.4 Å². The molecule has 0 radical (unpaired) electrons. The number of piperidine rings is 1. The van der Waals surface area contributed by atoms with Gasteiger partial charge >= 0.3 is 6.03 Å². The van der Waals surface area contributed by atoms with E-state index >= 15 is 0 Å². The Morgan fingerprint density at radius 1 is 1.14 bits per heavy atom. The minimum atomic E-state index is -3.66. The molecule has 0 aromatic heterocycles. The third kappa shape index (κ3) is 2.30. The number of benzene rings is 1. The van der Waals surface area contributed by atoms with Gasteiger partial charge in [-0.15, -0.1) is 0 Å². The first-order valence-electron chi connectivity index (χ1n) is 6.63. The molecular formula is C13H15N3O4S. The van der Waals surface area contributed by atoms with Gasteiger partial charge in [0.05, 0.1) is 4.90 Å². The van der Waals surface area contributed by atoms with Crippen LogP contribution in [-0.2, 0) is 14.8 Å². The number of carbonyl (C=O) groups excluding carboxylic acids is 2. The Bertz CT molecular complexity index is 689. The molecule has 2 aliphatic rings.